The van der Waals surface area contributed by atoms with E-state index in [1.54, 1.807) is 0 Å². The summed E-state index contributed by atoms with van der Waals surface area (Å²) >= 11 is 0. The lowest BCUT2D eigenvalue weighted by Gasteiger charge is -2.30. The molecule has 1 aliphatic rings. The summed E-state index contributed by atoms with van der Waals surface area (Å²) < 4.78 is 0. The zero-order chi connectivity index (χ0) is 15.2. The number of nitrogens with zero attached hydrogens (tertiary/aromatic N) is 1. The highest BCUT2D eigenvalue weighted by Gasteiger charge is 2.17. The second kappa shape index (κ2) is 7.84. The first-order valence-electron chi connectivity index (χ1n) is 8.65. The molecule has 1 aliphatic heterocycles. The topological polar surface area (TPSA) is 15.3 Å². The van der Waals surface area contributed by atoms with Crippen molar-refractivity contribution in [2.75, 3.05) is 18.0 Å². The van der Waals surface area contributed by atoms with E-state index in [1.165, 1.54) is 49.0 Å². The highest BCUT2D eigenvalue weighted by Crippen LogP contribution is 2.26. The molecule has 1 atom stereocenters. The van der Waals surface area contributed by atoms with Crippen LogP contribution >= 0.6 is 0 Å². The van der Waals surface area contributed by atoms with Gasteiger partial charge in [0.25, 0.3) is 0 Å². The molecule has 0 amide bonds. The number of hydrogen-bond donors (Lipinski definition) is 1. The SMILES string of the molecule is Cc1cc(N2CCCCCC2C)ccc1CNCC(C)C. The molecule has 1 unspecified atom stereocenters. The summed E-state index contributed by atoms with van der Waals surface area (Å²) in [6.07, 6.45) is 5.43. The molecule has 0 aromatic heterocycles. The van der Waals surface area contributed by atoms with Gasteiger partial charge in [-0.15, -0.1) is 0 Å². The van der Waals surface area contributed by atoms with Crippen LogP contribution in [-0.4, -0.2) is 19.1 Å². The average Bonchev–Trinajstić information content (AvgIpc) is 2.65. The molecule has 1 aromatic rings. The van der Waals surface area contributed by atoms with E-state index < -0.39 is 0 Å². The lowest BCUT2D eigenvalue weighted by molar-refractivity contribution is 0.551. The van der Waals surface area contributed by atoms with E-state index in [1.807, 2.05) is 0 Å². The zero-order valence-corrected chi connectivity index (χ0v) is 14.3. The lowest BCUT2D eigenvalue weighted by atomic mass is 10.1. The Morgan fingerprint density at radius 3 is 2.76 bits per heavy atom. The number of nitrogens with one attached hydrogen (secondary N) is 1. The maximum atomic E-state index is 3.55. The fraction of sp³-hybridized carbons (Fsp3) is 0.684. The summed E-state index contributed by atoms with van der Waals surface area (Å²) in [6.45, 7) is 12.4. The Balaban J connectivity index is 2.03. The van der Waals surface area contributed by atoms with Gasteiger partial charge in [0.05, 0.1) is 0 Å². The Kier molecular flexibility index (Phi) is 6.10. The van der Waals surface area contributed by atoms with Gasteiger partial charge in [-0.3, -0.25) is 0 Å². The fourth-order valence-electron chi connectivity index (χ4n) is 3.21. The molecular weight excluding hydrogens is 256 g/mol. The summed E-state index contributed by atoms with van der Waals surface area (Å²) in [7, 11) is 0. The molecule has 1 saturated heterocycles. The average molecular weight is 288 g/mol. The van der Waals surface area contributed by atoms with Gasteiger partial charge in [-0.05, 0) is 62.4 Å². The minimum absolute atomic E-state index is 0.678. The van der Waals surface area contributed by atoms with Crippen LogP contribution in [0.5, 0.6) is 0 Å². The van der Waals surface area contributed by atoms with Gasteiger partial charge in [0, 0.05) is 24.8 Å². The maximum absolute atomic E-state index is 3.55. The molecule has 2 rings (SSSR count). The zero-order valence-electron chi connectivity index (χ0n) is 14.3. The van der Waals surface area contributed by atoms with Crippen LogP contribution in [0.3, 0.4) is 0 Å². The van der Waals surface area contributed by atoms with Crippen molar-refractivity contribution in [2.24, 2.45) is 5.92 Å². The van der Waals surface area contributed by atoms with Crippen LogP contribution in [0.4, 0.5) is 5.69 Å². The van der Waals surface area contributed by atoms with Crippen molar-refractivity contribution in [3.05, 3.63) is 29.3 Å². The Morgan fingerprint density at radius 1 is 1.24 bits per heavy atom. The monoisotopic (exact) mass is 288 g/mol. The van der Waals surface area contributed by atoms with Crippen LogP contribution in [0, 0.1) is 12.8 Å². The van der Waals surface area contributed by atoms with Crippen LogP contribution in [0.2, 0.25) is 0 Å². The molecule has 2 heteroatoms. The van der Waals surface area contributed by atoms with E-state index in [0.717, 1.165) is 13.1 Å². The summed E-state index contributed by atoms with van der Waals surface area (Å²) in [6, 6.07) is 7.70. The third-order valence-corrected chi connectivity index (χ3v) is 4.58. The largest absolute Gasteiger partial charge is 0.369 e. The molecule has 1 fully saturated rings. The predicted octanol–water partition coefficient (Wildman–Crippen LogP) is 4.51. The Morgan fingerprint density at radius 2 is 2.05 bits per heavy atom. The van der Waals surface area contributed by atoms with Crippen molar-refractivity contribution in [2.45, 2.75) is 66.0 Å². The van der Waals surface area contributed by atoms with Gasteiger partial charge in [0.15, 0.2) is 0 Å². The van der Waals surface area contributed by atoms with E-state index in [0.29, 0.717) is 12.0 Å². The number of anilines is 1. The predicted molar refractivity (Wildman–Crippen MR) is 93.0 cm³/mol. The normalized spacial score (nSPS) is 19.9. The number of rotatable bonds is 5. The van der Waals surface area contributed by atoms with Crippen molar-refractivity contribution < 1.29 is 0 Å². The molecule has 0 spiro atoms. The van der Waals surface area contributed by atoms with E-state index >= 15 is 0 Å². The van der Waals surface area contributed by atoms with E-state index in [9.17, 15) is 0 Å². The van der Waals surface area contributed by atoms with E-state index in [2.05, 4.69) is 56.1 Å². The first kappa shape index (κ1) is 16.4. The molecule has 0 saturated carbocycles. The number of aryl methyl sites for hydroxylation is 1. The molecule has 118 valence electrons. The molecule has 0 aliphatic carbocycles. The van der Waals surface area contributed by atoms with Crippen molar-refractivity contribution in [1.29, 1.82) is 0 Å². The summed E-state index contributed by atoms with van der Waals surface area (Å²) in [5.74, 6) is 0.711. The molecule has 1 heterocycles. The van der Waals surface area contributed by atoms with Crippen molar-refractivity contribution >= 4 is 5.69 Å². The highest BCUT2D eigenvalue weighted by atomic mass is 15.2. The smallest absolute Gasteiger partial charge is 0.0371 e. The van der Waals surface area contributed by atoms with Crippen LogP contribution in [0.25, 0.3) is 0 Å². The number of hydrogen-bond acceptors (Lipinski definition) is 2. The highest BCUT2D eigenvalue weighted by molar-refractivity contribution is 5.51. The third kappa shape index (κ3) is 4.74. The minimum Gasteiger partial charge on any atom is -0.369 e. The van der Waals surface area contributed by atoms with Gasteiger partial charge in [-0.25, -0.2) is 0 Å². The maximum Gasteiger partial charge on any atom is 0.0371 e. The van der Waals surface area contributed by atoms with Crippen molar-refractivity contribution in [3.63, 3.8) is 0 Å². The Labute approximate surface area is 130 Å². The fourth-order valence-corrected chi connectivity index (χ4v) is 3.21. The number of benzene rings is 1. The third-order valence-electron chi connectivity index (χ3n) is 4.58. The minimum atomic E-state index is 0.678. The second-order valence-electron chi connectivity index (χ2n) is 7.03. The molecular formula is C19H32N2. The Hall–Kier alpha value is -1.02. The van der Waals surface area contributed by atoms with Crippen molar-refractivity contribution in [1.82, 2.24) is 5.32 Å². The first-order valence-corrected chi connectivity index (χ1v) is 8.65. The summed E-state index contributed by atoms with van der Waals surface area (Å²) in [4.78, 5) is 2.60. The standard InChI is InChI=1S/C19H32N2/c1-15(2)13-20-14-18-9-10-19(12-16(18)3)21-11-7-5-6-8-17(21)4/h9-10,12,15,17,20H,5-8,11,13-14H2,1-4H3. The van der Waals surface area contributed by atoms with Crippen LogP contribution in [0.1, 0.15) is 57.6 Å². The second-order valence-corrected chi connectivity index (χ2v) is 7.03. The summed E-state index contributed by atoms with van der Waals surface area (Å²) in [5.41, 5.74) is 4.26. The van der Waals surface area contributed by atoms with Gasteiger partial charge < -0.3 is 10.2 Å². The van der Waals surface area contributed by atoms with Crippen LogP contribution in [0.15, 0.2) is 18.2 Å². The first-order chi connectivity index (χ1) is 10.1. The van der Waals surface area contributed by atoms with Gasteiger partial charge in [0.1, 0.15) is 0 Å². The van der Waals surface area contributed by atoms with Crippen molar-refractivity contribution in [3.8, 4) is 0 Å². The quantitative estimate of drug-likeness (QED) is 0.857. The summed E-state index contributed by atoms with van der Waals surface area (Å²) in [5, 5.41) is 3.55. The Bertz CT molecular complexity index is 439. The molecule has 1 N–H and O–H groups in total. The van der Waals surface area contributed by atoms with E-state index in [-0.39, 0.29) is 0 Å². The van der Waals surface area contributed by atoms with Gasteiger partial charge in [0.2, 0.25) is 0 Å². The van der Waals surface area contributed by atoms with Crippen LogP contribution in [-0.2, 0) is 6.54 Å². The van der Waals surface area contributed by atoms with Gasteiger partial charge >= 0.3 is 0 Å². The van der Waals surface area contributed by atoms with Gasteiger partial charge in [-0.1, -0.05) is 32.8 Å². The molecule has 2 nitrogen and oxygen atoms in total. The molecule has 0 radical (unpaired) electrons. The molecule has 0 bridgehead atoms. The lowest BCUT2D eigenvalue weighted by Crippen LogP contribution is -2.32. The molecule has 1 aromatic carbocycles. The van der Waals surface area contributed by atoms with Crippen LogP contribution < -0.4 is 10.2 Å². The van der Waals surface area contributed by atoms with E-state index in [4.69, 9.17) is 0 Å². The van der Waals surface area contributed by atoms with Gasteiger partial charge in [-0.2, -0.15) is 0 Å². The molecule has 21 heavy (non-hydrogen) atoms.